The van der Waals surface area contributed by atoms with E-state index in [1.165, 1.54) is 17.5 Å². The molecular formula is C19H15ClF3N3O5S. The van der Waals surface area contributed by atoms with Gasteiger partial charge in [-0.15, -0.1) is 36.1 Å². The van der Waals surface area contributed by atoms with E-state index in [0.717, 1.165) is 28.2 Å². The van der Waals surface area contributed by atoms with E-state index in [9.17, 15) is 27.6 Å². The minimum absolute atomic E-state index is 0.00558. The number of carbonyl (C=O) groups is 2. The summed E-state index contributed by atoms with van der Waals surface area (Å²) in [7, 11) is 0. The Hall–Kier alpha value is -3.12. The fourth-order valence-corrected chi connectivity index (χ4v) is 3.86. The lowest BCUT2D eigenvalue weighted by molar-refractivity contribution is -0.274. The topological polar surface area (TPSA) is 99.5 Å². The van der Waals surface area contributed by atoms with Crippen LogP contribution in [0.15, 0.2) is 34.4 Å². The Bertz CT molecular complexity index is 1210. The van der Waals surface area contributed by atoms with Gasteiger partial charge in [-0.3, -0.25) is 9.59 Å². The van der Waals surface area contributed by atoms with Crippen LogP contribution in [0.2, 0.25) is 0 Å². The summed E-state index contributed by atoms with van der Waals surface area (Å²) in [5.41, 5.74) is -0.813. The van der Waals surface area contributed by atoms with Crippen molar-refractivity contribution >= 4 is 50.6 Å². The number of thiophene rings is 1. The van der Waals surface area contributed by atoms with Crippen LogP contribution in [0.3, 0.4) is 0 Å². The quantitative estimate of drug-likeness (QED) is 0.396. The number of alkyl halides is 4. The number of esters is 1. The van der Waals surface area contributed by atoms with Crippen LogP contribution >= 0.6 is 22.9 Å². The predicted octanol–water partition coefficient (Wildman–Crippen LogP) is 4.09. The van der Waals surface area contributed by atoms with E-state index in [1.54, 1.807) is 6.92 Å². The van der Waals surface area contributed by atoms with Crippen LogP contribution in [0.5, 0.6) is 5.75 Å². The molecule has 0 aliphatic heterocycles. The van der Waals surface area contributed by atoms with Gasteiger partial charge in [-0.1, -0.05) is 0 Å². The molecule has 2 aromatic heterocycles. The van der Waals surface area contributed by atoms with Gasteiger partial charge in [0, 0.05) is 23.1 Å². The minimum Gasteiger partial charge on any atom is -0.461 e. The van der Waals surface area contributed by atoms with Gasteiger partial charge in [-0.05, 0) is 31.2 Å². The molecule has 0 unspecified atom stereocenters. The van der Waals surface area contributed by atoms with Crippen LogP contribution in [0.4, 0.5) is 18.2 Å². The van der Waals surface area contributed by atoms with E-state index < -0.39 is 29.5 Å². The summed E-state index contributed by atoms with van der Waals surface area (Å²) < 4.78 is 46.9. The lowest BCUT2D eigenvalue weighted by atomic mass is 10.2. The lowest BCUT2D eigenvalue weighted by Gasteiger charge is -2.11. The molecule has 0 bridgehead atoms. The number of nitrogens with zero attached hydrogens (tertiary/aromatic N) is 2. The van der Waals surface area contributed by atoms with Crippen molar-refractivity contribution in [3.05, 3.63) is 45.7 Å². The molecule has 2 heterocycles. The van der Waals surface area contributed by atoms with Crippen molar-refractivity contribution in [1.29, 1.82) is 0 Å². The number of hydrogen-bond acceptors (Lipinski definition) is 7. The van der Waals surface area contributed by atoms with Crippen molar-refractivity contribution in [2.75, 3.05) is 17.8 Å². The molecule has 0 atom stereocenters. The highest BCUT2D eigenvalue weighted by molar-refractivity contribution is 7.16. The van der Waals surface area contributed by atoms with Crippen LogP contribution in [0, 0.1) is 0 Å². The predicted molar refractivity (Wildman–Crippen MR) is 112 cm³/mol. The molecule has 170 valence electrons. The number of amides is 1. The highest BCUT2D eigenvalue weighted by atomic mass is 35.5. The Morgan fingerprint density at radius 1 is 1.25 bits per heavy atom. The van der Waals surface area contributed by atoms with Gasteiger partial charge < -0.3 is 14.8 Å². The van der Waals surface area contributed by atoms with Gasteiger partial charge in [-0.2, -0.15) is 9.78 Å². The number of halogens is 4. The monoisotopic (exact) mass is 489 g/mol. The van der Waals surface area contributed by atoms with Crippen LogP contribution in [-0.2, 0) is 9.53 Å². The lowest BCUT2D eigenvalue weighted by Crippen LogP contribution is -2.25. The highest BCUT2D eigenvalue weighted by Crippen LogP contribution is 2.31. The first-order valence-corrected chi connectivity index (χ1v) is 10.5. The van der Waals surface area contributed by atoms with Crippen molar-refractivity contribution in [3.63, 3.8) is 0 Å². The molecule has 1 amide bonds. The van der Waals surface area contributed by atoms with Crippen molar-refractivity contribution in [2.45, 2.75) is 19.7 Å². The maximum Gasteiger partial charge on any atom is 0.573 e. The third-order valence-corrected chi connectivity index (χ3v) is 5.09. The second-order valence-corrected chi connectivity index (χ2v) is 7.43. The van der Waals surface area contributed by atoms with Crippen LogP contribution in [-0.4, -0.2) is 40.5 Å². The summed E-state index contributed by atoms with van der Waals surface area (Å²) in [6.07, 6.45) is -4.87. The molecule has 0 radical (unpaired) electrons. The molecule has 0 saturated carbocycles. The number of carbonyl (C=O) groups excluding carboxylic acids is 2. The zero-order chi connectivity index (χ0) is 23.5. The number of hydrogen-bond donors (Lipinski definition) is 1. The molecule has 0 saturated heterocycles. The van der Waals surface area contributed by atoms with Gasteiger partial charge in [-0.25, -0.2) is 4.79 Å². The summed E-state index contributed by atoms with van der Waals surface area (Å²) in [5, 5.41) is 8.48. The third kappa shape index (κ3) is 5.19. The van der Waals surface area contributed by atoms with Crippen LogP contribution in [0.25, 0.3) is 16.5 Å². The Morgan fingerprint density at radius 3 is 2.53 bits per heavy atom. The number of anilines is 1. The molecule has 1 N–H and O–H groups in total. The molecular weight excluding hydrogens is 475 g/mol. The smallest absolute Gasteiger partial charge is 0.461 e. The molecule has 32 heavy (non-hydrogen) atoms. The number of nitrogens with one attached hydrogen (secondary N) is 1. The van der Waals surface area contributed by atoms with Crippen LogP contribution < -0.4 is 15.6 Å². The largest absolute Gasteiger partial charge is 0.573 e. The van der Waals surface area contributed by atoms with Gasteiger partial charge in [0.15, 0.2) is 5.69 Å². The minimum atomic E-state index is -4.88. The molecule has 0 spiro atoms. The number of aromatic nitrogens is 2. The van der Waals surface area contributed by atoms with E-state index in [0.29, 0.717) is 0 Å². The molecule has 3 rings (SSSR count). The van der Waals surface area contributed by atoms with Gasteiger partial charge in [0.2, 0.25) is 5.91 Å². The third-order valence-electron chi connectivity index (χ3n) is 4.01. The highest BCUT2D eigenvalue weighted by Gasteiger charge is 2.31. The average Bonchev–Trinajstić information content (AvgIpc) is 3.12. The summed E-state index contributed by atoms with van der Waals surface area (Å²) in [4.78, 5) is 37.6. The van der Waals surface area contributed by atoms with Crippen molar-refractivity contribution in [1.82, 2.24) is 9.78 Å². The maximum absolute atomic E-state index is 13.2. The zero-order valence-corrected chi connectivity index (χ0v) is 17.9. The number of benzene rings is 1. The number of ether oxygens (including phenoxy) is 2. The summed E-state index contributed by atoms with van der Waals surface area (Å²) in [5.74, 6) is -1.66. The second-order valence-electron chi connectivity index (χ2n) is 6.17. The maximum atomic E-state index is 13.2. The fraction of sp³-hybridized carbons (Fsp3) is 0.263. The molecule has 0 aliphatic carbocycles. The molecule has 3 aromatic rings. The molecule has 0 fully saturated rings. The second kappa shape index (κ2) is 9.57. The van der Waals surface area contributed by atoms with E-state index in [4.69, 9.17) is 16.3 Å². The van der Waals surface area contributed by atoms with Crippen molar-refractivity contribution < 1.29 is 32.2 Å². The summed E-state index contributed by atoms with van der Waals surface area (Å²) in [6, 6.07) is 4.35. The fourth-order valence-electron chi connectivity index (χ4n) is 2.73. The SMILES string of the molecule is CCOC(=O)c1nn(-c2ccc(OC(F)(F)F)cc2)c(=O)c2c(NC(=O)CCCl)scc12. The van der Waals surface area contributed by atoms with E-state index in [-0.39, 0.29) is 46.1 Å². The first-order chi connectivity index (χ1) is 15.1. The Kier molecular flexibility index (Phi) is 7.04. The van der Waals surface area contributed by atoms with Gasteiger partial charge >= 0.3 is 12.3 Å². The number of fused-ring (bicyclic) bond motifs is 1. The van der Waals surface area contributed by atoms with E-state index >= 15 is 0 Å². The Balaban J connectivity index is 2.15. The average molecular weight is 490 g/mol. The van der Waals surface area contributed by atoms with Gasteiger partial charge in [0.1, 0.15) is 10.8 Å². The zero-order valence-electron chi connectivity index (χ0n) is 16.4. The van der Waals surface area contributed by atoms with Gasteiger partial charge in [0.25, 0.3) is 5.56 Å². The summed E-state index contributed by atoms with van der Waals surface area (Å²) >= 11 is 6.58. The number of rotatable bonds is 7. The normalized spacial score (nSPS) is 11.4. The first kappa shape index (κ1) is 23.5. The molecule has 0 aliphatic rings. The molecule has 8 nitrogen and oxygen atoms in total. The van der Waals surface area contributed by atoms with E-state index in [1.807, 2.05) is 0 Å². The molecule has 13 heteroatoms. The van der Waals surface area contributed by atoms with Crippen molar-refractivity contribution in [2.24, 2.45) is 0 Å². The summed E-state index contributed by atoms with van der Waals surface area (Å²) in [6.45, 7) is 1.64. The standard InChI is InChI=1S/C19H15ClF3N3O5S/c1-2-30-18(29)15-12-9-32-16(24-13(27)7-8-20)14(12)17(28)26(25-15)10-3-5-11(6-4-10)31-19(21,22)23/h3-6,9H,2,7-8H2,1H3,(H,24,27). The van der Waals surface area contributed by atoms with E-state index in [2.05, 4.69) is 15.2 Å². The molecule has 1 aromatic carbocycles. The van der Waals surface area contributed by atoms with Gasteiger partial charge in [0.05, 0.1) is 17.7 Å². The Morgan fingerprint density at radius 2 is 1.94 bits per heavy atom. The van der Waals surface area contributed by atoms with Crippen molar-refractivity contribution in [3.8, 4) is 11.4 Å². The Labute approximate surface area is 187 Å². The first-order valence-electron chi connectivity index (χ1n) is 9.08. The van der Waals surface area contributed by atoms with Crippen LogP contribution in [0.1, 0.15) is 23.8 Å².